The summed E-state index contributed by atoms with van der Waals surface area (Å²) in [7, 11) is 0. The SMILES string of the molecule is CCOC(=O)C1=C(COC(=O)c2cccc3ccccc23)NC(=O)NC1C. The van der Waals surface area contributed by atoms with Gasteiger partial charge in [-0.3, -0.25) is 0 Å². The van der Waals surface area contributed by atoms with Gasteiger partial charge < -0.3 is 20.1 Å². The topological polar surface area (TPSA) is 93.7 Å². The van der Waals surface area contributed by atoms with E-state index in [0.717, 1.165) is 10.8 Å². The molecule has 140 valence electrons. The second kappa shape index (κ2) is 7.90. The van der Waals surface area contributed by atoms with E-state index < -0.39 is 24.0 Å². The molecule has 0 saturated carbocycles. The minimum atomic E-state index is -0.561. The molecule has 2 aromatic rings. The molecule has 2 aromatic carbocycles. The largest absolute Gasteiger partial charge is 0.463 e. The first-order valence-corrected chi connectivity index (χ1v) is 8.63. The zero-order valence-corrected chi connectivity index (χ0v) is 15.1. The van der Waals surface area contributed by atoms with Crippen molar-refractivity contribution in [3.05, 3.63) is 59.3 Å². The normalized spacial score (nSPS) is 16.5. The standard InChI is InChI=1S/C20H20N2O5/c1-3-26-19(24)17-12(2)21-20(25)22-16(17)11-27-18(23)15-10-6-8-13-7-4-5-9-14(13)15/h4-10,12H,3,11H2,1-2H3,(H2,21,22,25). The summed E-state index contributed by atoms with van der Waals surface area (Å²) in [5.74, 6) is -1.10. The number of benzene rings is 2. The van der Waals surface area contributed by atoms with Crippen LogP contribution in [0.15, 0.2) is 53.7 Å². The summed E-state index contributed by atoms with van der Waals surface area (Å²) >= 11 is 0. The van der Waals surface area contributed by atoms with E-state index in [1.54, 1.807) is 26.0 Å². The molecule has 0 fully saturated rings. The molecule has 0 saturated heterocycles. The zero-order valence-electron chi connectivity index (χ0n) is 15.1. The molecule has 3 rings (SSSR count). The summed E-state index contributed by atoms with van der Waals surface area (Å²) in [6, 6.07) is 11.8. The molecule has 0 aliphatic carbocycles. The molecule has 0 bridgehead atoms. The third-order valence-electron chi connectivity index (χ3n) is 4.22. The predicted octanol–water partition coefficient (Wildman–Crippen LogP) is 2.52. The van der Waals surface area contributed by atoms with E-state index in [9.17, 15) is 14.4 Å². The number of urea groups is 1. The average Bonchev–Trinajstić information content (AvgIpc) is 2.65. The van der Waals surface area contributed by atoms with E-state index >= 15 is 0 Å². The Morgan fingerprint density at radius 1 is 1.04 bits per heavy atom. The van der Waals surface area contributed by atoms with Crippen LogP contribution >= 0.6 is 0 Å². The van der Waals surface area contributed by atoms with Gasteiger partial charge in [-0.05, 0) is 30.7 Å². The van der Waals surface area contributed by atoms with Gasteiger partial charge in [0, 0.05) is 0 Å². The number of rotatable bonds is 5. The van der Waals surface area contributed by atoms with E-state index in [4.69, 9.17) is 9.47 Å². The quantitative estimate of drug-likeness (QED) is 0.791. The maximum absolute atomic E-state index is 12.6. The molecule has 27 heavy (non-hydrogen) atoms. The number of carbonyl (C=O) groups excluding carboxylic acids is 3. The lowest BCUT2D eigenvalue weighted by molar-refractivity contribution is -0.139. The number of esters is 2. The molecule has 7 nitrogen and oxygen atoms in total. The van der Waals surface area contributed by atoms with Crippen LogP contribution in [0.3, 0.4) is 0 Å². The summed E-state index contributed by atoms with van der Waals surface area (Å²) in [5.41, 5.74) is 0.875. The molecule has 1 aliphatic rings. The van der Waals surface area contributed by atoms with Gasteiger partial charge in [-0.2, -0.15) is 0 Å². The number of carbonyl (C=O) groups is 3. The van der Waals surface area contributed by atoms with Crippen LogP contribution in [-0.2, 0) is 14.3 Å². The highest BCUT2D eigenvalue weighted by molar-refractivity contribution is 6.04. The fourth-order valence-electron chi connectivity index (χ4n) is 3.01. The first kappa shape index (κ1) is 18.4. The van der Waals surface area contributed by atoms with Crippen LogP contribution in [-0.4, -0.2) is 37.2 Å². The highest BCUT2D eigenvalue weighted by Crippen LogP contribution is 2.20. The Morgan fingerprint density at radius 3 is 2.56 bits per heavy atom. The zero-order chi connectivity index (χ0) is 19.4. The molecule has 0 radical (unpaired) electrons. The Labute approximate surface area is 156 Å². The van der Waals surface area contributed by atoms with Crippen molar-refractivity contribution in [1.82, 2.24) is 10.6 Å². The van der Waals surface area contributed by atoms with Crippen LogP contribution in [0.1, 0.15) is 24.2 Å². The van der Waals surface area contributed by atoms with Crippen LogP contribution in [0, 0.1) is 0 Å². The smallest absolute Gasteiger partial charge is 0.339 e. The number of fused-ring (bicyclic) bond motifs is 1. The maximum atomic E-state index is 12.6. The van der Waals surface area contributed by atoms with E-state index in [1.807, 2.05) is 30.3 Å². The van der Waals surface area contributed by atoms with Crippen molar-refractivity contribution < 1.29 is 23.9 Å². The molecule has 1 unspecified atom stereocenters. The Morgan fingerprint density at radius 2 is 1.78 bits per heavy atom. The van der Waals surface area contributed by atoms with Gasteiger partial charge in [-0.1, -0.05) is 36.4 Å². The monoisotopic (exact) mass is 368 g/mol. The summed E-state index contributed by atoms with van der Waals surface area (Å²) in [6.45, 7) is 3.32. The van der Waals surface area contributed by atoms with Crippen molar-refractivity contribution in [3.63, 3.8) is 0 Å². The number of hydrogen-bond acceptors (Lipinski definition) is 5. The van der Waals surface area contributed by atoms with Gasteiger partial charge in [0.1, 0.15) is 6.61 Å². The van der Waals surface area contributed by atoms with Crippen molar-refractivity contribution in [2.45, 2.75) is 19.9 Å². The van der Waals surface area contributed by atoms with Crippen molar-refractivity contribution in [2.75, 3.05) is 13.2 Å². The number of hydrogen-bond donors (Lipinski definition) is 2. The van der Waals surface area contributed by atoms with E-state index in [-0.39, 0.29) is 24.5 Å². The van der Waals surface area contributed by atoms with E-state index in [0.29, 0.717) is 5.56 Å². The van der Waals surface area contributed by atoms with Gasteiger partial charge in [-0.15, -0.1) is 0 Å². The average molecular weight is 368 g/mol. The molecule has 1 aliphatic heterocycles. The highest BCUT2D eigenvalue weighted by atomic mass is 16.5. The third kappa shape index (κ3) is 3.92. The number of amides is 2. The second-order valence-electron chi connectivity index (χ2n) is 6.04. The van der Waals surface area contributed by atoms with Crippen LogP contribution < -0.4 is 10.6 Å². The molecule has 0 spiro atoms. The molecule has 1 heterocycles. The predicted molar refractivity (Wildman–Crippen MR) is 99.0 cm³/mol. The number of ether oxygens (including phenoxy) is 2. The first-order valence-electron chi connectivity index (χ1n) is 8.63. The lowest BCUT2D eigenvalue weighted by Gasteiger charge is -2.26. The number of nitrogens with one attached hydrogen (secondary N) is 2. The molecule has 1 atom stereocenters. The van der Waals surface area contributed by atoms with Gasteiger partial charge in [0.15, 0.2) is 0 Å². The Kier molecular flexibility index (Phi) is 5.40. The molecule has 7 heteroatoms. The maximum Gasteiger partial charge on any atom is 0.339 e. The van der Waals surface area contributed by atoms with Crippen molar-refractivity contribution in [1.29, 1.82) is 0 Å². The molecule has 0 aromatic heterocycles. The Hall–Kier alpha value is -3.35. The van der Waals surface area contributed by atoms with Gasteiger partial charge >= 0.3 is 18.0 Å². The molecule has 2 amide bonds. The summed E-state index contributed by atoms with van der Waals surface area (Å²) in [4.78, 5) is 36.5. The van der Waals surface area contributed by atoms with Crippen molar-refractivity contribution in [3.8, 4) is 0 Å². The van der Waals surface area contributed by atoms with Crippen LogP contribution in [0.25, 0.3) is 10.8 Å². The summed E-state index contributed by atoms with van der Waals surface area (Å²) in [6.07, 6.45) is 0. The van der Waals surface area contributed by atoms with Crippen LogP contribution in [0.5, 0.6) is 0 Å². The summed E-state index contributed by atoms with van der Waals surface area (Å²) in [5, 5.41) is 6.81. The fourth-order valence-corrected chi connectivity index (χ4v) is 3.01. The Bertz CT molecular complexity index is 930. The van der Waals surface area contributed by atoms with Gasteiger partial charge in [0.05, 0.1) is 29.5 Å². The minimum Gasteiger partial charge on any atom is -0.463 e. The molecular weight excluding hydrogens is 348 g/mol. The second-order valence-corrected chi connectivity index (χ2v) is 6.04. The highest BCUT2D eigenvalue weighted by Gasteiger charge is 2.30. The third-order valence-corrected chi connectivity index (χ3v) is 4.22. The van der Waals surface area contributed by atoms with E-state index in [1.165, 1.54) is 0 Å². The lowest BCUT2D eigenvalue weighted by Crippen LogP contribution is -2.50. The van der Waals surface area contributed by atoms with Gasteiger partial charge in [-0.25, -0.2) is 14.4 Å². The summed E-state index contributed by atoms with van der Waals surface area (Å²) < 4.78 is 10.4. The van der Waals surface area contributed by atoms with E-state index in [2.05, 4.69) is 10.6 Å². The van der Waals surface area contributed by atoms with Crippen LogP contribution in [0.2, 0.25) is 0 Å². The van der Waals surface area contributed by atoms with Crippen molar-refractivity contribution >= 4 is 28.7 Å². The first-order chi connectivity index (χ1) is 13.0. The fraction of sp³-hybridized carbons (Fsp3) is 0.250. The van der Waals surface area contributed by atoms with Crippen molar-refractivity contribution in [2.24, 2.45) is 0 Å². The van der Waals surface area contributed by atoms with Gasteiger partial charge in [0.25, 0.3) is 0 Å². The Balaban J connectivity index is 1.84. The van der Waals surface area contributed by atoms with Gasteiger partial charge in [0.2, 0.25) is 0 Å². The molecular formula is C20H20N2O5. The van der Waals surface area contributed by atoms with Crippen LogP contribution in [0.4, 0.5) is 4.79 Å². The minimum absolute atomic E-state index is 0.200. The lowest BCUT2D eigenvalue weighted by atomic mass is 10.0. The molecule has 2 N–H and O–H groups in total.